The molecule has 0 spiro atoms. The Kier molecular flexibility index (Phi) is 8.89. The van der Waals surface area contributed by atoms with Crippen LogP contribution in [0.5, 0.6) is 11.5 Å². The minimum Gasteiger partial charge on any atom is -0.506 e. The number of carbonyl (C=O) groups is 2. The zero-order valence-electron chi connectivity index (χ0n) is 23.6. The molecule has 0 atom stereocenters. The fraction of sp³-hybridized carbons (Fsp3) is 0.161. The average Bonchev–Trinajstić information content (AvgIpc) is 2.99. The van der Waals surface area contributed by atoms with Crippen LogP contribution in [0.1, 0.15) is 31.8 Å². The first-order valence-corrected chi connectivity index (χ1v) is 13.1. The van der Waals surface area contributed by atoms with E-state index < -0.39 is 63.6 Å². The van der Waals surface area contributed by atoms with Gasteiger partial charge in [-0.3, -0.25) is 9.59 Å². The molecule has 0 radical (unpaired) electrons. The van der Waals surface area contributed by atoms with Crippen LogP contribution in [-0.2, 0) is 5.41 Å². The first-order valence-electron chi connectivity index (χ1n) is 13.1. The maximum atomic E-state index is 14.9. The highest BCUT2D eigenvalue weighted by Crippen LogP contribution is 2.57. The molecule has 8 nitrogen and oxygen atoms in total. The first kappa shape index (κ1) is 32.5. The van der Waals surface area contributed by atoms with Crippen molar-refractivity contribution < 1.29 is 46.1 Å². The van der Waals surface area contributed by atoms with Gasteiger partial charge in [0.2, 0.25) is 5.41 Å². The van der Waals surface area contributed by atoms with E-state index in [2.05, 4.69) is 21.3 Å². The Balaban J connectivity index is 1.84. The Morgan fingerprint density at radius 3 is 1.29 bits per heavy atom. The molecule has 6 N–H and O–H groups in total. The summed E-state index contributed by atoms with van der Waals surface area (Å²) < 4.78 is 89.4. The van der Waals surface area contributed by atoms with E-state index in [1.807, 2.05) is 0 Å². The van der Waals surface area contributed by atoms with E-state index in [4.69, 9.17) is 0 Å². The van der Waals surface area contributed by atoms with E-state index in [0.29, 0.717) is 47.8 Å². The number of phenols is 2. The van der Waals surface area contributed by atoms with E-state index in [0.717, 1.165) is 0 Å². The largest absolute Gasteiger partial charge is 0.506 e. The number of aromatic hydroxyl groups is 2. The summed E-state index contributed by atoms with van der Waals surface area (Å²) in [6, 6.07) is 14.5. The van der Waals surface area contributed by atoms with Gasteiger partial charge in [0, 0.05) is 36.6 Å². The quantitative estimate of drug-likeness (QED) is 0.0911. The molecule has 0 aliphatic heterocycles. The van der Waals surface area contributed by atoms with Crippen molar-refractivity contribution in [1.29, 1.82) is 0 Å². The molecule has 45 heavy (non-hydrogen) atoms. The second-order valence-corrected chi connectivity index (χ2v) is 9.78. The summed E-state index contributed by atoms with van der Waals surface area (Å²) in [4.78, 5) is 25.7. The van der Waals surface area contributed by atoms with Crippen LogP contribution >= 0.6 is 0 Å². The zero-order valence-corrected chi connectivity index (χ0v) is 23.6. The maximum Gasteiger partial charge on any atom is 0.411 e. The van der Waals surface area contributed by atoms with Crippen molar-refractivity contribution in [3.05, 3.63) is 107 Å². The minimum absolute atomic E-state index is 0.00346. The van der Waals surface area contributed by atoms with Gasteiger partial charge in [0.15, 0.2) is 0 Å². The highest BCUT2D eigenvalue weighted by atomic mass is 19.4. The van der Waals surface area contributed by atoms with Gasteiger partial charge in [-0.2, -0.15) is 26.3 Å². The molecule has 236 valence electrons. The van der Waals surface area contributed by atoms with Gasteiger partial charge in [-0.05, 0) is 71.8 Å². The molecule has 0 unspecified atom stereocenters. The Labute approximate surface area is 252 Å². The Morgan fingerprint density at radius 1 is 0.578 bits per heavy atom. The van der Waals surface area contributed by atoms with Crippen LogP contribution in [0.15, 0.2) is 84.9 Å². The molecule has 0 heterocycles. The fourth-order valence-corrected chi connectivity index (χ4v) is 4.74. The number of alkyl halides is 6. The van der Waals surface area contributed by atoms with E-state index >= 15 is 0 Å². The van der Waals surface area contributed by atoms with E-state index in [9.17, 15) is 46.1 Å². The second kappa shape index (κ2) is 12.3. The maximum absolute atomic E-state index is 14.9. The predicted molar refractivity (Wildman–Crippen MR) is 157 cm³/mol. The van der Waals surface area contributed by atoms with Gasteiger partial charge in [0.05, 0.1) is 11.4 Å². The number of hydrogen-bond acceptors (Lipinski definition) is 6. The Bertz CT molecular complexity index is 1610. The smallest absolute Gasteiger partial charge is 0.411 e. The monoisotopic (exact) mass is 632 g/mol. The summed E-state index contributed by atoms with van der Waals surface area (Å²) >= 11 is 0. The Hall–Kier alpha value is -5.40. The molecule has 0 saturated carbocycles. The van der Waals surface area contributed by atoms with Gasteiger partial charge in [-0.15, -0.1) is 0 Å². The number of amides is 2. The average molecular weight is 633 g/mol. The lowest BCUT2D eigenvalue weighted by Gasteiger charge is -2.38. The lowest BCUT2D eigenvalue weighted by molar-refractivity contribution is -0.288. The number of hydrogen-bond donors (Lipinski definition) is 6. The summed E-state index contributed by atoms with van der Waals surface area (Å²) in [7, 11) is 3.14. The van der Waals surface area contributed by atoms with Crippen LogP contribution in [-0.4, -0.2) is 48.5 Å². The van der Waals surface area contributed by atoms with Crippen LogP contribution in [0.25, 0.3) is 0 Å². The third kappa shape index (κ3) is 6.30. The summed E-state index contributed by atoms with van der Waals surface area (Å²) in [5.41, 5.74) is -7.97. The summed E-state index contributed by atoms with van der Waals surface area (Å²) in [6.07, 6.45) is -12.1. The molecule has 0 saturated heterocycles. The van der Waals surface area contributed by atoms with Gasteiger partial charge >= 0.3 is 12.4 Å². The van der Waals surface area contributed by atoms with E-state index in [-0.39, 0.29) is 11.1 Å². The highest BCUT2D eigenvalue weighted by Gasteiger charge is 2.72. The zero-order chi connectivity index (χ0) is 33.2. The number of rotatable bonds is 8. The highest BCUT2D eigenvalue weighted by molar-refractivity contribution is 6.06. The molecule has 0 aliphatic rings. The van der Waals surface area contributed by atoms with Gasteiger partial charge in [-0.25, -0.2) is 0 Å². The van der Waals surface area contributed by atoms with Gasteiger partial charge in [0.25, 0.3) is 11.8 Å². The summed E-state index contributed by atoms with van der Waals surface area (Å²) in [5, 5.41) is 30.6. The Morgan fingerprint density at radius 2 is 0.956 bits per heavy atom. The van der Waals surface area contributed by atoms with E-state index in [1.165, 1.54) is 36.4 Å². The van der Waals surface area contributed by atoms with Crippen LogP contribution in [0.3, 0.4) is 0 Å². The van der Waals surface area contributed by atoms with Gasteiger partial charge in [0.1, 0.15) is 11.5 Å². The minimum atomic E-state index is -6.05. The molecular weight excluding hydrogens is 606 g/mol. The summed E-state index contributed by atoms with van der Waals surface area (Å²) in [5.74, 6) is -3.42. The number of benzene rings is 4. The van der Waals surface area contributed by atoms with Crippen molar-refractivity contribution in [3.8, 4) is 11.5 Å². The van der Waals surface area contributed by atoms with Crippen LogP contribution in [0.2, 0.25) is 0 Å². The standard InChI is InChI=1S/C31H26F6N4O4/c1-38-21-7-3-5-17(13-21)27(44)40-23-15-19(9-11-25(23)42)29(30(32,33)34,31(35,36)37)20-10-12-26(43)24(16-20)41-28(45)18-6-4-8-22(14-18)39-2/h3-16,38-39,42-43H,1-2H3,(H,40,44)(H,41,45). The first-order chi connectivity index (χ1) is 21.1. The van der Waals surface area contributed by atoms with Crippen molar-refractivity contribution in [2.24, 2.45) is 0 Å². The molecule has 2 amide bonds. The number of carbonyl (C=O) groups excluding carboxylic acids is 2. The number of anilines is 4. The third-order valence-corrected chi connectivity index (χ3v) is 7.03. The van der Waals surface area contributed by atoms with Crippen LogP contribution < -0.4 is 21.3 Å². The van der Waals surface area contributed by atoms with Crippen molar-refractivity contribution in [1.82, 2.24) is 0 Å². The lowest BCUT2D eigenvalue weighted by Crippen LogP contribution is -2.54. The fourth-order valence-electron chi connectivity index (χ4n) is 4.74. The van der Waals surface area contributed by atoms with Gasteiger partial charge in [-0.1, -0.05) is 24.3 Å². The SMILES string of the molecule is CNc1cccc(C(=O)Nc2cc(C(c3ccc(O)c(NC(=O)c4cccc(NC)c4)c3)(C(F)(F)F)C(F)(F)F)ccc2O)c1. The van der Waals surface area contributed by atoms with Gasteiger partial charge < -0.3 is 31.5 Å². The van der Waals surface area contributed by atoms with Crippen LogP contribution in [0, 0.1) is 0 Å². The number of halogens is 6. The third-order valence-electron chi connectivity index (χ3n) is 7.03. The molecule has 4 rings (SSSR count). The molecule has 0 bridgehead atoms. The second-order valence-electron chi connectivity index (χ2n) is 9.78. The van der Waals surface area contributed by atoms with Crippen molar-refractivity contribution in [3.63, 3.8) is 0 Å². The lowest BCUT2D eigenvalue weighted by atomic mass is 9.72. The molecule has 4 aromatic rings. The van der Waals surface area contributed by atoms with Crippen molar-refractivity contribution in [2.75, 3.05) is 35.4 Å². The van der Waals surface area contributed by atoms with Crippen LogP contribution in [0.4, 0.5) is 49.1 Å². The van der Waals surface area contributed by atoms with Crippen molar-refractivity contribution >= 4 is 34.6 Å². The molecule has 4 aromatic carbocycles. The summed E-state index contributed by atoms with van der Waals surface area (Å²) in [6.45, 7) is 0. The van der Waals surface area contributed by atoms with E-state index in [1.54, 1.807) is 26.2 Å². The molecule has 0 aliphatic carbocycles. The topological polar surface area (TPSA) is 123 Å². The molecule has 0 aromatic heterocycles. The normalized spacial score (nSPS) is 11.9. The number of phenolic OH excluding ortho intramolecular Hbond substituents is 2. The molecule has 14 heteroatoms. The molecular formula is C31H26F6N4O4. The number of nitrogens with one attached hydrogen (secondary N) is 4. The predicted octanol–water partition coefficient (Wildman–Crippen LogP) is 7.10. The molecule has 0 fully saturated rings. The van der Waals surface area contributed by atoms with Crippen molar-refractivity contribution in [2.45, 2.75) is 17.8 Å².